The molecule has 1 aromatic carbocycles. The molecule has 4 rings (SSSR count). The van der Waals surface area contributed by atoms with Gasteiger partial charge in [-0.15, -0.1) is 11.3 Å². The molecule has 0 aliphatic heterocycles. The highest BCUT2D eigenvalue weighted by molar-refractivity contribution is 7.16. The van der Waals surface area contributed by atoms with Gasteiger partial charge in [0.1, 0.15) is 11.5 Å². The van der Waals surface area contributed by atoms with Crippen LogP contribution in [0.3, 0.4) is 0 Å². The van der Waals surface area contributed by atoms with E-state index >= 15 is 0 Å². The lowest BCUT2D eigenvalue weighted by molar-refractivity contribution is 0.102. The Morgan fingerprint density at radius 1 is 1.13 bits per heavy atom. The fourth-order valence-electron chi connectivity index (χ4n) is 3.30. The molecule has 0 aliphatic rings. The Bertz CT molecular complexity index is 1240. The van der Waals surface area contributed by atoms with E-state index in [1.54, 1.807) is 29.1 Å². The van der Waals surface area contributed by atoms with E-state index < -0.39 is 5.82 Å². The zero-order valence-corrected chi connectivity index (χ0v) is 18.5. The summed E-state index contributed by atoms with van der Waals surface area (Å²) in [5, 5.41) is 7.64. The third-order valence-corrected chi connectivity index (χ3v) is 5.72. The van der Waals surface area contributed by atoms with Crippen LogP contribution in [0.2, 0.25) is 0 Å². The molecule has 0 fully saturated rings. The van der Waals surface area contributed by atoms with E-state index in [-0.39, 0.29) is 11.9 Å². The van der Waals surface area contributed by atoms with Gasteiger partial charge in [0, 0.05) is 22.7 Å². The molecule has 1 N–H and O–H groups in total. The largest absolute Gasteiger partial charge is 0.298 e. The van der Waals surface area contributed by atoms with E-state index in [0.29, 0.717) is 22.0 Å². The maximum atomic E-state index is 14.5. The average Bonchev–Trinajstić information content (AvgIpc) is 3.33. The van der Waals surface area contributed by atoms with Crippen molar-refractivity contribution in [3.8, 4) is 22.6 Å². The number of carbonyl (C=O) groups excluding carboxylic acids is 1. The maximum absolute atomic E-state index is 14.5. The van der Waals surface area contributed by atoms with Crippen molar-refractivity contribution in [2.45, 2.75) is 33.7 Å². The zero-order chi connectivity index (χ0) is 22.1. The third-order valence-electron chi connectivity index (χ3n) is 4.83. The molecule has 1 amide bonds. The number of nitrogens with one attached hydrogen (secondary N) is 1. The smallest absolute Gasteiger partial charge is 0.261 e. The number of amides is 1. The number of hydrogen-bond acceptors (Lipinski definition) is 5. The second kappa shape index (κ2) is 8.39. The van der Waals surface area contributed by atoms with Gasteiger partial charge in [0.25, 0.3) is 5.91 Å². The molecular weight excluding hydrogens is 413 g/mol. The lowest BCUT2D eigenvalue weighted by Crippen LogP contribution is -2.14. The zero-order valence-electron chi connectivity index (χ0n) is 17.7. The van der Waals surface area contributed by atoms with Crippen molar-refractivity contribution in [1.82, 2.24) is 19.7 Å². The molecule has 4 aromatic rings. The SMILES string of the molecule is Cc1ccc(-c2nc(NC(=O)c3cnn(C(C)C)c3-c3ccccc3F)sc2C)nc1. The minimum Gasteiger partial charge on any atom is -0.298 e. The molecule has 0 bridgehead atoms. The van der Waals surface area contributed by atoms with Gasteiger partial charge in [-0.25, -0.2) is 9.37 Å². The normalized spacial score (nSPS) is 11.2. The van der Waals surface area contributed by atoms with Crippen LogP contribution in [-0.2, 0) is 0 Å². The van der Waals surface area contributed by atoms with Crippen LogP contribution < -0.4 is 5.32 Å². The van der Waals surface area contributed by atoms with Gasteiger partial charge in [-0.2, -0.15) is 5.10 Å². The predicted octanol–water partition coefficient (Wildman–Crippen LogP) is 5.66. The Hall–Kier alpha value is -3.39. The number of benzene rings is 1. The minimum absolute atomic E-state index is 0.0440. The summed E-state index contributed by atoms with van der Waals surface area (Å²) in [6.45, 7) is 7.78. The molecule has 0 spiro atoms. The summed E-state index contributed by atoms with van der Waals surface area (Å²) >= 11 is 1.37. The van der Waals surface area contributed by atoms with Crippen LogP contribution in [0.5, 0.6) is 0 Å². The van der Waals surface area contributed by atoms with Gasteiger partial charge in [-0.3, -0.25) is 19.8 Å². The van der Waals surface area contributed by atoms with E-state index in [0.717, 1.165) is 21.8 Å². The summed E-state index contributed by atoms with van der Waals surface area (Å²) in [5.74, 6) is -0.793. The molecule has 0 saturated heterocycles. The number of aryl methyl sites for hydroxylation is 2. The number of aromatic nitrogens is 4. The molecule has 0 saturated carbocycles. The van der Waals surface area contributed by atoms with E-state index in [1.165, 1.54) is 23.6 Å². The van der Waals surface area contributed by atoms with Gasteiger partial charge in [-0.1, -0.05) is 18.2 Å². The standard InChI is InChI=1S/C23H22FN5OS/c1-13(2)29-21(16-7-5-6-8-18(16)24)17(12-26-29)22(30)28-23-27-20(15(4)31-23)19-10-9-14(3)11-25-19/h5-13H,1-4H3,(H,27,28,30). The lowest BCUT2D eigenvalue weighted by Gasteiger charge is -2.13. The van der Waals surface area contributed by atoms with Crippen LogP contribution >= 0.6 is 11.3 Å². The number of pyridine rings is 1. The van der Waals surface area contributed by atoms with Crippen molar-refractivity contribution in [3.05, 3.63) is 70.6 Å². The molecule has 31 heavy (non-hydrogen) atoms. The molecule has 158 valence electrons. The van der Waals surface area contributed by atoms with Gasteiger partial charge in [0.15, 0.2) is 5.13 Å². The fraction of sp³-hybridized carbons (Fsp3) is 0.217. The summed E-state index contributed by atoms with van der Waals surface area (Å²) in [6, 6.07) is 10.2. The summed E-state index contributed by atoms with van der Waals surface area (Å²) in [4.78, 5) is 23.0. The number of carbonyl (C=O) groups is 1. The highest BCUT2D eigenvalue weighted by Crippen LogP contribution is 2.32. The van der Waals surface area contributed by atoms with E-state index in [9.17, 15) is 9.18 Å². The third kappa shape index (κ3) is 4.11. The Morgan fingerprint density at radius 2 is 1.90 bits per heavy atom. The molecule has 0 unspecified atom stereocenters. The van der Waals surface area contributed by atoms with Gasteiger partial charge in [0.05, 0.1) is 23.1 Å². The van der Waals surface area contributed by atoms with Crippen molar-refractivity contribution in [2.75, 3.05) is 5.32 Å². The summed E-state index contributed by atoms with van der Waals surface area (Å²) in [7, 11) is 0. The van der Waals surface area contributed by atoms with Crippen molar-refractivity contribution in [1.29, 1.82) is 0 Å². The molecule has 0 radical (unpaired) electrons. The van der Waals surface area contributed by atoms with Crippen LogP contribution in [0.15, 0.2) is 48.8 Å². The topological polar surface area (TPSA) is 72.7 Å². The number of hydrogen-bond donors (Lipinski definition) is 1. The van der Waals surface area contributed by atoms with Crippen molar-refractivity contribution in [3.63, 3.8) is 0 Å². The van der Waals surface area contributed by atoms with E-state index in [2.05, 4.69) is 20.4 Å². The second-order valence-electron chi connectivity index (χ2n) is 7.52. The number of halogens is 1. The van der Waals surface area contributed by atoms with Gasteiger partial charge in [0.2, 0.25) is 0 Å². The fourth-order valence-corrected chi connectivity index (χ4v) is 4.12. The van der Waals surface area contributed by atoms with Crippen molar-refractivity contribution in [2.24, 2.45) is 0 Å². The lowest BCUT2D eigenvalue weighted by atomic mass is 10.1. The molecule has 8 heteroatoms. The minimum atomic E-state index is -0.406. The van der Waals surface area contributed by atoms with Crippen LogP contribution in [0.4, 0.5) is 9.52 Å². The summed E-state index contributed by atoms with van der Waals surface area (Å²) < 4.78 is 16.2. The summed E-state index contributed by atoms with van der Waals surface area (Å²) in [6.07, 6.45) is 3.26. The first-order valence-corrected chi connectivity index (χ1v) is 10.7. The molecule has 6 nitrogen and oxygen atoms in total. The quantitative estimate of drug-likeness (QED) is 0.439. The maximum Gasteiger partial charge on any atom is 0.261 e. The molecular formula is C23H22FN5OS. The average molecular weight is 436 g/mol. The molecule has 0 atom stereocenters. The van der Waals surface area contributed by atoms with E-state index in [4.69, 9.17) is 0 Å². The summed E-state index contributed by atoms with van der Waals surface area (Å²) in [5.41, 5.74) is 3.61. The van der Waals surface area contributed by atoms with Crippen molar-refractivity contribution >= 4 is 22.4 Å². The van der Waals surface area contributed by atoms with Crippen LogP contribution in [0, 0.1) is 19.7 Å². The first-order valence-electron chi connectivity index (χ1n) is 9.89. The highest BCUT2D eigenvalue weighted by Gasteiger charge is 2.23. The first-order chi connectivity index (χ1) is 14.8. The van der Waals surface area contributed by atoms with Gasteiger partial charge >= 0.3 is 0 Å². The molecule has 3 heterocycles. The molecule has 3 aromatic heterocycles. The van der Waals surface area contributed by atoms with Gasteiger partial charge in [-0.05, 0) is 51.5 Å². The van der Waals surface area contributed by atoms with E-state index in [1.807, 2.05) is 39.8 Å². The Labute approximate surface area is 183 Å². The van der Waals surface area contributed by atoms with Crippen LogP contribution in [0.25, 0.3) is 22.6 Å². The Kier molecular flexibility index (Phi) is 5.65. The number of anilines is 1. The predicted molar refractivity (Wildman–Crippen MR) is 121 cm³/mol. The Balaban J connectivity index is 1.68. The molecule has 0 aliphatic carbocycles. The Morgan fingerprint density at radius 3 is 2.58 bits per heavy atom. The van der Waals surface area contributed by atoms with Crippen molar-refractivity contribution < 1.29 is 9.18 Å². The number of nitrogens with zero attached hydrogens (tertiary/aromatic N) is 4. The van der Waals surface area contributed by atoms with Crippen LogP contribution in [-0.4, -0.2) is 25.7 Å². The second-order valence-corrected chi connectivity index (χ2v) is 8.73. The van der Waals surface area contributed by atoms with Gasteiger partial charge < -0.3 is 0 Å². The monoisotopic (exact) mass is 435 g/mol. The van der Waals surface area contributed by atoms with Crippen LogP contribution in [0.1, 0.15) is 40.7 Å². The number of thiazole rings is 1. The highest BCUT2D eigenvalue weighted by atomic mass is 32.1. The first kappa shape index (κ1) is 20.9. The number of rotatable bonds is 5.